The van der Waals surface area contributed by atoms with Crippen LogP contribution in [-0.2, 0) is 0 Å². The van der Waals surface area contributed by atoms with E-state index in [2.05, 4.69) is 0 Å². The van der Waals surface area contributed by atoms with Gasteiger partial charge in [-0.25, -0.2) is 8.78 Å². The SMILES string of the molecule is Cc1ccc(C)c(C(N)c2c(F)ccc(C)c2F)c1. The average Bonchev–Trinajstić information content (AvgIpc) is 2.37. The van der Waals surface area contributed by atoms with E-state index in [0.717, 1.165) is 16.7 Å². The van der Waals surface area contributed by atoms with Crippen molar-refractivity contribution in [3.63, 3.8) is 0 Å². The summed E-state index contributed by atoms with van der Waals surface area (Å²) in [6.07, 6.45) is 0. The van der Waals surface area contributed by atoms with Crippen LogP contribution in [-0.4, -0.2) is 0 Å². The van der Waals surface area contributed by atoms with Crippen LogP contribution in [0.5, 0.6) is 0 Å². The Morgan fingerprint density at radius 1 is 0.947 bits per heavy atom. The Labute approximate surface area is 112 Å². The molecule has 0 fully saturated rings. The maximum atomic E-state index is 14.1. The summed E-state index contributed by atoms with van der Waals surface area (Å²) in [6, 6.07) is 7.63. The van der Waals surface area contributed by atoms with Crippen molar-refractivity contribution in [2.75, 3.05) is 0 Å². The zero-order valence-corrected chi connectivity index (χ0v) is 11.3. The Kier molecular flexibility index (Phi) is 3.67. The highest BCUT2D eigenvalue weighted by atomic mass is 19.1. The lowest BCUT2D eigenvalue weighted by Crippen LogP contribution is -2.17. The lowest BCUT2D eigenvalue weighted by atomic mass is 9.92. The first-order valence-electron chi connectivity index (χ1n) is 6.19. The van der Waals surface area contributed by atoms with Gasteiger partial charge in [0.15, 0.2) is 0 Å². The molecule has 1 unspecified atom stereocenters. The number of hydrogen-bond donors (Lipinski definition) is 1. The molecule has 0 saturated carbocycles. The van der Waals surface area contributed by atoms with E-state index < -0.39 is 17.7 Å². The number of aryl methyl sites for hydroxylation is 3. The van der Waals surface area contributed by atoms with Gasteiger partial charge in [0.05, 0.1) is 6.04 Å². The van der Waals surface area contributed by atoms with Crippen molar-refractivity contribution in [3.05, 3.63) is 69.8 Å². The Morgan fingerprint density at radius 2 is 1.58 bits per heavy atom. The van der Waals surface area contributed by atoms with Gasteiger partial charge in [0.1, 0.15) is 11.6 Å². The number of hydrogen-bond acceptors (Lipinski definition) is 1. The second-order valence-electron chi connectivity index (χ2n) is 4.93. The zero-order chi connectivity index (χ0) is 14.2. The lowest BCUT2D eigenvalue weighted by molar-refractivity contribution is 0.537. The van der Waals surface area contributed by atoms with E-state index in [4.69, 9.17) is 5.73 Å². The Balaban J connectivity index is 2.59. The molecule has 0 aliphatic rings. The van der Waals surface area contributed by atoms with Crippen LogP contribution < -0.4 is 5.73 Å². The molecule has 0 saturated heterocycles. The third-order valence-electron chi connectivity index (χ3n) is 3.40. The molecule has 0 aliphatic carbocycles. The summed E-state index contributed by atoms with van der Waals surface area (Å²) in [5.74, 6) is -1.16. The molecule has 0 radical (unpaired) electrons. The van der Waals surface area contributed by atoms with Gasteiger partial charge in [-0.15, -0.1) is 0 Å². The molecular formula is C16H17F2N. The number of benzene rings is 2. The van der Waals surface area contributed by atoms with Crippen LogP contribution in [0.1, 0.15) is 33.9 Å². The summed E-state index contributed by atoms with van der Waals surface area (Å²) < 4.78 is 28.0. The van der Waals surface area contributed by atoms with Crippen molar-refractivity contribution >= 4 is 0 Å². The van der Waals surface area contributed by atoms with Crippen molar-refractivity contribution in [3.8, 4) is 0 Å². The average molecular weight is 261 g/mol. The molecule has 0 bridgehead atoms. The van der Waals surface area contributed by atoms with Crippen molar-refractivity contribution in [1.82, 2.24) is 0 Å². The molecule has 0 heterocycles. The quantitative estimate of drug-likeness (QED) is 0.870. The minimum Gasteiger partial charge on any atom is -0.320 e. The summed E-state index contributed by atoms with van der Waals surface area (Å²) in [4.78, 5) is 0. The van der Waals surface area contributed by atoms with Gasteiger partial charge < -0.3 is 5.73 Å². The molecule has 0 aliphatic heterocycles. The molecule has 100 valence electrons. The van der Waals surface area contributed by atoms with Crippen molar-refractivity contribution in [2.45, 2.75) is 26.8 Å². The topological polar surface area (TPSA) is 26.0 Å². The van der Waals surface area contributed by atoms with Gasteiger partial charge in [-0.1, -0.05) is 29.8 Å². The van der Waals surface area contributed by atoms with Crippen LogP contribution >= 0.6 is 0 Å². The molecule has 1 atom stereocenters. The van der Waals surface area contributed by atoms with Gasteiger partial charge in [-0.05, 0) is 43.5 Å². The molecule has 1 nitrogen and oxygen atoms in total. The fourth-order valence-electron chi connectivity index (χ4n) is 2.21. The smallest absolute Gasteiger partial charge is 0.134 e. The molecule has 2 N–H and O–H groups in total. The largest absolute Gasteiger partial charge is 0.320 e. The van der Waals surface area contributed by atoms with Gasteiger partial charge in [0, 0.05) is 5.56 Å². The van der Waals surface area contributed by atoms with Crippen LogP contribution in [0, 0.1) is 32.4 Å². The normalized spacial score (nSPS) is 12.5. The summed E-state index contributed by atoms with van der Waals surface area (Å²) in [5, 5.41) is 0. The first-order chi connectivity index (χ1) is 8.91. The molecule has 0 aromatic heterocycles. The van der Waals surface area contributed by atoms with E-state index in [0.29, 0.717) is 5.56 Å². The lowest BCUT2D eigenvalue weighted by Gasteiger charge is -2.18. The maximum Gasteiger partial charge on any atom is 0.134 e. The van der Waals surface area contributed by atoms with Crippen molar-refractivity contribution in [1.29, 1.82) is 0 Å². The van der Waals surface area contributed by atoms with Gasteiger partial charge in [-0.3, -0.25) is 0 Å². The van der Waals surface area contributed by atoms with Crippen molar-refractivity contribution < 1.29 is 8.78 Å². The third kappa shape index (κ3) is 2.51. The Hall–Kier alpha value is -1.74. The van der Waals surface area contributed by atoms with E-state index in [1.54, 1.807) is 6.92 Å². The van der Waals surface area contributed by atoms with E-state index in [1.165, 1.54) is 12.1 Å². The van der Waals surface area contributed by atoms with E-state index in [-0.39, 0.29) is 5.56 Å². The zero-order valence-electron chi connectivity index (χ0n) is 11.3. The van der Waals surface area contributed by atoms with Crippen LogP contribution in [0.15, 0.2) is 30.3 Å². The monoisotopic (exact) mass is 261 g/mol. The molecule has 0 spiro atoms. The molecule has 2 aromatic carbocycles. The second-order valence-corrected chi connectivity index (χ2v) is 4.93. The van der Waals surface area contributed by atoms with E-state index >= 15 is 0 Å². The predicted octanol–water partition coefficient (Wildman–Crippen LogP) is 3.94. The summed E-state index contributed by atoms with van der Waals surface area (Å²) in [7, 11) is 0. The number of rotatable bonds is 2. The standard InChI is InChI=1S/C16H17F2N/c1-9-4-5-10(2)12(8-9)16(19)14-13(17)7-6-11(3)15(14)18/h4-8,16H,19H2,1-3H3. The molecule has 2 rings (SSSR count). The number of nitrogens with two attached hydrogens (primary N) is 1. The minimum atomic E-state index is -0.792. The van der Waals surface area contributed by atoms with E-state index in [9.17, 15) is 8.78 Å². The van der Waals surface area contributed by atoms with Gasteiger partial charge in [0.25, 0.3) is 0 Å². The van der Waals surface area contributed by atoms with Crippen LogP contribution in [0.4, 0.5) is 8.78 Å². The van der Waals surface area contributed by atoms with Crippen molar-refractivity contribution in [2.24, 2.45) is 5.73 Å². The van der Waals surface area contributed by atoms with Crippen LogP contribution in [0.25, 0.3) is 0 Å². The highest BCUT2D eigenvalue weighted by Gasteiger charge is 2.21. The van der Waals surface area contributed by atoms with Gasteiger partial charge in [0.2, 0.25) is 0 Å². The third-order valence-corrected chi connectivity index (χ3v) is 3.40. The molecule has 19 heavy (non-hydrogen) atoms. The minimum absolute atomic E-state index is 0.0614. The summed E-state index contributed by atoms with van der Waals surface area (Å²) >= 11 is 0. The van der Waals surface area contributed by atoms with Crippen LogP contribution in [0.3, 0.4) is 0 Å². The molecular weight excluding hydrogens is 244 g/mol. The Bertz CT molecular complexity index is 620. The Morgan fingerprint density at radius 3 is 2.26 bits per heavy atom. The molecule has 3 heteroatoms. The summed E-state index contributed by atoms with van der Waals surface area (Å²) in [5.41, 5.74) is 9.12. The second kappa shape index (κ2) is 5.10. The molecule has 2 aromatic rings. The maximum absolute atomic E-state index is 14.1. The first kappa shape index (κ1) is 13.7. The molecule has 0 amide bonds. The summed E-state index contributed by atoms with van der Waals surface area (Å²) in [6.45, 7) is 5.42. The fraction of sp³-hybridized carbons (Fsp3) is 0.250. The van der Waals surface area contributed by atoms with Gasteiger partial charge in [-0.2, -0.15) is 0 Å². The first-order valence-corrected chi connectivity index (χ1v) is 6.19. The van der Waals surface area contributed by atoms with E-state index in [1.807, 2.05) is 32.0 Å². The highest BCUT2D eigenvalue weighted by Crippen LogP contribution is 2.29. The fourth-order valence-corrected chi connectivity index (χ4v) is 2.21. The van der Waals surface area contributed by atoms with Gasteiger partial charge >= 0.3 is 0 Å². The predicted molar refractivity (Wildman–Crippen MR) is 73.0 cm³/mol. The number of halogens is 2. The highest BCUT2D eigenvalue weighted by molar-refractivity contribution is 5.41. The van der Waals surface area contributed by atoms with Crippen LogP contribution in [0.2, 0.25) is 0 Å².